The van der Waals surface area contributed by atoms with E-state index >= 15 is 0 Å². The minimum Gasteiger partial charge on any atom is -0.378 e. The second-order valence-corrected chi connectivity index (χ2v) is 5.76. The van der Waals surface area contributed by atoms with Crippen LogP contribution in [0.5, 0.6) is 0 Å². The van der Waals surface area contributed by atoms with Crippen LogP contribution in [0.2, 0.25) is 0 Å². The van der Waals surface area contributed by atoms with Crippen LogP contribution >= 0.6 is 0 Å². The van der Waals surface area contributed by atoms with E-state index < -0.39 is 0 Å². The van der Waals surface area contributed by atoms with Gasteiger partial charge in [-0.25, -0.2) is 0 Å². The van der Waals surface area contributed by atoms with Crippen LogP contribution < -0.4 is 5.32 Å². The first-order valence-electron chi connectivity index (χ1n) is 7.28. The van der Waals surface area contributed by atoms with E-state index in [-0.39, 0.29) is 18.1 Å². The highest BCUT2D eigenvalue weighted by Gasteiger charge is 2.46. The second kappa shape index (κ2) is 5.57. The number of carbonyl (C=O) groups is 1. The van der Waals surface area contributed by atoms with Gasteiger partial charge in [-0.1, -0.05) is 20.8 Å². The van der Waals surface area contributed by atoms with Gasteiger partial charge in [0.2, 0.25) is 5.91 Å². The van der Waals surface area contributed by atoms with Crippen LogP contribution in [0.25, 0.3) is 0 Å². The largest absolute Gasteiger partial charge is 0.378 e. The Morgan fingerprint density at radius 2 is 2.06 bits per heavy atom. The average molecular weight is 254 g/mol. The Morgan fingerprint density at radius 3 is 2.56 bits per heavy atom. The van der Waals surface area contributed by atoms with Gasteiger partial charge in [0.15, 0.2) is 0 Å². The standard InChI is InChI=1S/C14H26N2O2/c1-5-12-14(17)16(13(15-12)9(3)4)10-7-11(8-10)18-6-2/h9-13,15H,5-8H2,1-4H3. The predicted octanol–water partition coefficient (Wildman–Crippen LogP) is 1.75. The Morgan fingerprint density at radius 1 is 1.39 bits per heavy atom. The molecule has 0 aromatic carbocycles. The molecule has 1 aliphatic heterocycles. The molecule has 2 fully saturated rings. The number of nitrogens with one attached hydrogen (secondary N) is 1. The number of nitrogens with zero attached hydrogens (tertiary/aromatic N) is 1. The fraction of sp³-hybridized carbons (Fsp3) is 0.929. The summed E-state index contributed by atoms with van der Waals surface area (Å²) in [6.07, 6.45) is 3.44. The quantitative estimate of drug-likeness (QED) is 0.812. The number of amides is 1. The lowest BCUT2D eigenvalue weighted by atomic mass is 9.87. The van der Waals surface area contributed by atoms with Gasteiger partial charge >= 0.3 is 0 Å². The van der Waals surface area contributed by atoms with Gasteiger partial charge in [-0.3, -0.25) is 10.1 Å². The summed E-state index contributed by atoms with van der Waals surface area (Å²) in [4.78, 5) is 14.5. The monoisotopic (exact) mass is 254 g/mol. The minimum absolute atomic E-state index is 0.0172. The summed E-state index contributed by atoms with van der Waals surface area (Å²) in [6, 6.07) is 0.397. The van der Waals surface area contributed by atoms with Gasteiger partial charge in [-0.15, -0.1) is 0 Å². The topological polar surface area (TPSA) is 41.6 Å². The van der Waals surface area contributed by atoms with Crippen molar-refractivity contribution in [3.63, 3.8) is 0 Å². The van der Waals surface area contributed by atoms with Crippen LogP contribution in [-0.4, -0.2) is 41.8 Å². The van der Waals surface area contributed by atoms with Crippen LogP contribution in [0.15, 0.2) is 0 Å². The maximum absolute atomic E-state index is 12.4. The smallest absolute Gasteiger partial charge is 0.241 e. The second-order valence-electron chi connectivity index (χ2n) is 5.76. The molecule has 4 heteroatoms. The summed E-state index contributed by atoms with van der Waals surface area (Å²) >= 11 is 0. The van der Waals surface area contributed by atoms with Crippen LogP contribution in [0.3, 0.4) is 0 Å². The molecule has 104 valence electrons. The SMILES string of the molecule is CCOC1CC(N2C(=O)C(CC)NC2C(C)C)C1. The van der Waals surface area contributed by atoms with Crippen molar-refractivity contribution in [1.29, 1.82) is 0 Å². The van der Waals surface area contributed by atoms with E-state index in [1.54, 1.807) is 0 Å². The molecule has 18 heavy (non-hydrogen) atoms. The van der Waals surface area contributed by atoms with Crippen molar-refractivity contribution >= 4 is 5.91 Å². The highest BCUT2D eigenvalue weighted by atomic mass is 16.5. The summed E-state index contributed by atoms with van der Waals surface area (Å²) in [5, 5.41) is 3.47. The molecule has 0 aromatic heterocycles. The lowest BCUT2D eigenvalue weighted by molar-refractivity contribution is -0.139. The van der Waals surface area contributed by atoms with Crippen molar-refractivity contribution in [2.24, 2.45) is 5.92 Å². The molecule has 0 aromatic rings. The van der Waals surface area contributed by atoms with E-state index in [9.17, 15) is 4.79 Å². The Kier molecular flexibility index (Phi) is 4.28. The lowest BCUT2D eigenvalue weighted by Crippen LogP contribution is -2.54. The van der Waals surface area contributed by atoms with E-state index in [0.29, 0.717) is 18.1 Å². The third-order valence-corrected chi connectivity index (χ3v) is 4.13. The maximum Gasteiger partial charge on any atom is 0.241 e. The third-order valence-electron chi connectivity index (χ3n) is 4.13. The first-order valence-corrected chi connectivity index (χ1v) is 7.28. The zero-order valence-electron chi connectivity index (χ0n) is 12.0. The maximum atomic E-state index is 12.4. The van der Waals surface area contributed by atoms with Crippen LogP contribution in [-0.2, 0) is 9.53 Å². The molecule has 0 bridgehead atoms. The molecule has 1 heterocycles. The van der Waals surface area contributed by atoms with Crippen molar-refractivity contribution in [2.45, 2.75) is 71.3 Å². The zero-order valence-corrected chi connectivity index (χ0v) is 12.0. The van der Waals surface area contributed by atoms with Gasteiger partial charge in [-0.2, -0.15) is 0 Å². The molecule has 1 aliphatic carbocycles. The van der Waals surface area contributed by atoms with Gasteiger partial charge < -0.3 is 9.64 Å². The number of hydrogen-bond acceptors (Lipinski definition) is 3. The molecule has 1 saturated carbocycles. The van der Waals surface area contributed by atoms with E-state index in [1.807, 2.05) is 6.92 Å². The van der Waals surface area contributed by atoms with Crippen molar-refractivity contribution in [3.05, 3.63) is 0 Å². The fourth-order valence-corrected chi connectivity index (χ4v) is 3.02. The summed E-state index contributed by atoms with van der Waals surface area (Å²) in [5.74, 6) is 0.743. The summed E-state index contributed by atoms with van der Waals surface area (Å²) in [5.41, 5.74) is 0. The normalized spacial score (nSPS) is 36.3. The highest BCUT2D eigenvalue weighted by molar-refractivity contribution is 5.84. The molecule has 0 radical (unpaired) electrons. The molecule has 2 unspecified atom stereocenters. The molecule has 2 atom stereocenters. The van der Waals surface area contributed by atoms with Crippen molar-refractivity contribution in [3.8, 4) is 0 Å². The molecule has 0 spiro atoms. The molecule has 1 saturated heterocycles. The average Bonchev–Trinajstić information content (AvgIpc) is 2.60. The lowest BCUT2D eigenvalue weighted by Gasteiger charge is -2.44. The van der Waals surface area contributed by atoms with Gasteiger partial charge in [-0.05, 0) is 32.1 Å². The van der Waals surface area contributed by atoms with E-state index in [1.165, 1.54) is 0 Å². The van der Waals surface area contributed by atoms with Crippen LogP contribution in [0.1, 0.15) is 47.0 Å². The molecule has 1 N–H and O–H groups in total. The molecular formula is C14H26N2O2. The molecule has 2 aliphatic rings. The van der Waals surface area contributed by atoms with Gasteiger partial charge in [0, 0.05) is 12.6 Å². The van der Waals surface area contributed by atoms with Gasteiger partial charge in [0.1, 0.15) is 0 Å². The summed E-state index contributed by atoms with van der Waals surface area (Å²) in [6.45, 7) is 9.22. The minimum atomic E-state index is 0.0172. The molecule has 4 nitrogen and oxygen atoms in total. The van der Waals surface area contributed by atoms with Crippen LogP contribution in [0.4, 0.5) is 0 Å². The van der Waals surface area contributed by atoms with Crippen molar-refractivity contribution < 1.29 is 9.53 Å². The van der Waals surface area contributed by atoms with E-state index in [4.69, 9.17) is 4.74 Å². The Balaban J connectivity index is 1.99. The zero-order chi connectivity index (χ0) is 13.3. The summed E-state index contributed by atoms with van der Waals surface area (Å²) in [7, 11) is 0. The number of rotatable bonds is 5. The Labute approximate surface area is 110 Å². The van der Waals surface area contributed by atoms with Crippen molar-refractivity contribution in [1.82, 2.24) is 10.2 Å². The van der Waals surface area contributed by atoms with E-state index in [2.05, 4.69) is 31.0 Å². The summed E-state index contributed by atoms with van der Waals surface area (Å²) < 4.78 is 5.59. The van der Waals surface area contributed by atoms with Gasteiger partial charge in [0.25, 0.3) is 0 Å². The molecule has 2 rings (SSSR count). The van der Waals surface area contributed by atoms with Crippen molar-refractivity contribution in [2.75, 3.05) is 6.61 Å². The number of ether oxygens (including phenoxy) is 1. The first kappa shape index (κ1) is 13.8. The number of hydrogen-bond donors (Lipinski definition) is 1. The van der Waals surface area contributed by atoms with E-state index in [0.717, 1.165) is 25.9 Å². The Hall–Kier alpha value is -0.610. The predicted molar refractivity (Wildman–Crippen MR) is 71.1 cm³/mol. The van der Waals surface area contributed by atoms with Crippen LogP contribution in [0, 0.1) is 5.92 Å². The first-order chi connectivity index (χ1) is 8.58. The molecule has 1 amide bonds. The van der Waals surface area contributed by atoms with Gasteiger partial charge in [0.05, 0.1) is 18.3 Å². The third kappa shape index (κ3) is 2.41. The number of carbonyl (C=O) groups excluding carboxylic acids is 1. The Bertz CT molecular complexity index is 300. The highest BCUT2D eigenvalue weighted by Crippen LogP contribution is 2.33. The fourth-order valence-electron chi connectivity index (χ4n) is 3.02. The molecular weight excluding hydrogens is 228 g/mol.